The first-order valence-electron chi connectivity index (χ1n) is 5.77. The van der Waals surface area contributed by atoms with E-state index in [1.54, 1.807) is 48.5 Å². The van der Waals surface area contributed by atoms with Crippen LogP contribution in [0.4, 0.5) is 8.78 Å². The van der Waals surface area contributed by atoms with Crippen LogP contribution in [-0.2, 0) is 0 Å². The Hall–Kier alpha value is -1.96. The standard InChI is InChI=1S/C16H14F2/c1-11-3-7-13(8-4-11)15(17)16(18)14-9-5-12(2)6-10-14/h3-10H,1-2H3. The van der Waals surface area contributed by atoms with Gasteiger partial charge in [-0.3, -0.25) is 0 Å². The number of hydrogen-bond donors (Lipinski definition) is 0. The van der Waals surface area contributed by atoms with Gasteiger partial charge in [-0.1, -0.05) is 59.7 Å². The van der Waals surface area contributed by atoms with Crippen LogP contribution in [0.5, 0.6) is 0 Å². The van der Waals surface area contributed by atoms with Crippen molar-refractivity contribution in [3.63, 3.8) is 0 Å². The molecule has 0 fully saturated rings. The van der Waals surface area contributed by atoms with Gasteiger partial charge < -0.3 is 0 Å². The second-order valence-corrected chi connectivity index (χ2v) is 4.36. The summed E-state index contributed by atoms with van der Waals surface area (Å²) in [5.74, 6) is -1.64. The molecule has 0 spiro atoms. The fourth-order valence-corrected chi connectivity index (χ4v) is 1.65. The smallest absolute Gasteiger partial charge is 0.166 e. The van der Waals surface area contributed by atoms with Crippen molar-refractivity contribution in [2.24, 2.45) is 0 Å². The fourth-order valence-electron chi connectivity index (χ4n) is 1.65. The fraction of sp³-hybridized carbons (Fsp3) is 0.125. The molecule has 0 N–H and O–H groups in total. The molecule has 92 valence electrons. The highest BCUT2D eigenvalue weighted by Crippen LogP contribution is 2.28. The van der Waals surface area contributed by atoms with Crippen molar-refractivity contribution >= 4 is 11.7 Å². The van der Waals surface area contributed by atoms with Crippen LogP contribution < -0.4 is 0 Å². The normalized spacial score (nSPS) is 12.2. The molecule has 0 aliphatic carbocycles. The molecule has 0 unspecified atom stereocenters. The van der Waals surface area contributed by atoms with E-state index in [9.17, 15) is 8.78 Å². The minimum atomic E-state index is -0.821. The molecule has 2 aromatic carbocycles. The topological polar surface area (TPSA) is 0 Å². The van der Waals surface area contributed by atoms with Gasteiger partial charge in [0.2, 0.25) is 0 Å². The zero-order valence-corrected chi connectivity index (χ0v) is 10.4. The van der Waals surface area contributed by atoms with Crippen LogP contribution in [0, 0.1) is 13.8 Å². The second-order valence-electron chi connectivity index (χ2n) is 4.36. The van der Waals surface area contributed by atoms with Gasteiger partial charge in [-0.25, -0.2) is 8.78 Å². The van der Waals surface area contributed by atoms with Crippen LogP contribution >= 0.6 is 0 Å². The summed E-state index contributed by atoms with van der Waals surface area (Å²) in [4.78, 5) is 0. The van der Waals surface area contributed by atoms with Crippen LogP contribution in [0.15, 0.2) is 48.5 Å². The Kier molecular flexibility index (Phi) is 3.56. The quantitative estimate of drug-likeness (QED) is 0.647. The van der Waals surface area contributed by atoms with E-state index in [2.05, 4.69) is 0 Å². The highest BCUT2D eigenvalue weighted by molar-refractivity contribution is 5.83. The minimum absolute atomic E-state index is 0.263. The average Bonchev–Trinajstić information content (AvgIpc) is 2.39. The molecule has 0 saturated heterocycles. The van der Waals surface area contributed by atoms with Crippen molar-refractivity contribution in [1.29, 1.82) is 0 Å². The van der Waals surface area contributed by atoms with Gasteiger partial charge in [0, 0.05) is 11.1 Å². The van der Waals surface area contributed by atoms with E-state index < -0.39 is 11.7 Å². The third-order valence-electron chi connectivity index (χ3n) is 2.80. The maximum Gasteiger partial charge on any atom is 0.166 e. The molecule has 2 aromatic rings. The van der Waals surface area contributed by atoms with Gasteiger partial charge in [0.15, 0.2) is 11.7 Å². The Bertz CT molecular complexity index is 510. The molecular weight excluding hydrogens is 230 g/mol. The van der Waals surface area contributed by atoms with Gasteiger partial charge in [0.1, 0.15) is 0 Å². The first kappa shape index (κ1) is 12.5. The number of hydrogen-bond acceptors (Lipinski definition) is 0. The monoisotopic (exact) mass is 244 g/mol. The van der Waals surface area contributed by atoms with Crippen molar-refractivity contribution in [1.82, 2.24) is 0 Å². The predicted octanol–water partition coefficient (Wildman–Crippen LogP) is 5.07. The molecular formula is C16H14F2. The molecule has 18 heavy (non-hydrogen) atoms. The summed E-state index contributed by atoms with van der Waals surface area (Å²) in [7, 11) is 0. The molecule has 0 nitrogen and oxygen atoms in total. The molecule has 0 radical (unpaired) electrons. The summed E-state index contributed by atoms with van der Waals surface area (Å²) in [6.07, 6.45) is 0. The zero-order valence-electron chi connectivity index (χ0n) is 10.4. The van der Waals surface area contributed by atoms with E-state index >= 15 is 0 Å². The molecule has 0 atom stereocenters. The van der Waals surface area contributed by atoms with Crippen molar-refractivity contribution in [2.75, 3.05) is 0 Å². The number of rotatable bonds is 2. The molecule has 2 heteroatoms. The second kappa shape index (κ2) is 5.13. The average molecular weight is 244 g/mol. The highest BCUT2D eigenvalue weighted by atomic mass is 19.2. The van der Waals surface area contributed by atoms with Crippen LogP contribution in [0.25, 0.3) is 11.7 Å². The first-order valence-corrected chi connectivity index (χ1v) is 5.77. The first-order chi connectivity index (χ1) is 8.58. The lowest BCUT2D eigenvalue weighted by molar-refractivity contribution is 0.700. The minimum Gasteiger partial charge on any atom is -0.203 e. The summed E-state index contributed by atoms with van der Waals surface area (Å²) in [5, 5.41) is 0. The van der Waals surface area contributed by atoms with Crippen LogP contribution in [0.3, 0.4) is 0 Å². The molecule has 0 aromatic heterocycles. The Morgan fingerprint density at radius 1 is 0.611 bits per heavy atom. The Labute approximate surface area is 106 Å². The van der Waals surface area contributed by atoms with E-state index in [4.69, 9.17) is 0 Å². The summed E-state index contributed by atoms with van der Waals surface area (Å²) >= 11 is 0. The maximum absolute atomic E-state index is 14.0. The molecule has 0 aliphatic rings. The van der Waals surface area contributed by atoms with Crippen LogP contribution in [0.1, 0.15) is 22.3 Å². The third kappa shape index (κ3) is 2.65. The Morgan fingerprint density at radius 2 is 0.889 bits per heavy atom. The lowest BCUT2D eigenvalue weighted by Gasteiger charge is -2.03. The summed E-state index contributed by atoms with van der Waals surface area (Å²) in [6, 6.07) is 13.4. The van der Waals surface area contributed by atoms with Gasteiger partial charge in [-0.15, -0.1) is 0 Å². The van der Waals surface area contributed by atoms with E-state index in [-0.39, 0.29) is 11.1 Å². The summed E-state index contributed by atoms with van der Waals surface area (Å²) < 4.78 is 27.9. The molecule has 2 rings (SSSR count). The lowest BCUT2D eigenvalue weighted by atomic mass is 10.1. The van der Waals surface area contributed by atoms with E-state index in [0.29, 0.717) is 0 Å². The zero-order chi connectivity index (χ0) is 13.1. The Balaban J connectivity index is 2.40. The van der Waals surface area contributed by atoms with E-state index in [1.165, 1.54) is 0 Å². The lowest BCUT2D eigenvalue weighted by Crippen LogP contribution is -1.85. The number of benzene rings is 2. The van der Waals surface area contributed by atoms with Crippen LogP contribution in [0.2, 0.25) is 0 Å². The molecule has 0 saturated carbocycles. The van der Waals surface area contributed by atoms with Gasteiger partial charge in [-0.2, -0.15) is 0 Å². The van der Waals surface area contributed by atoms with Gasteiger partial charge >= 0.3 is 0 Å². The van der Waals surface area contributed by atoms with E-state index in [0.717, 1.165) is 11.1 Å². The Morgan fingerprint density at radius 3 is 1.17 bits per heavy atom. The number of halogens is 2. The van der Waals surface area contributed by atoms with Crippen LogP contribution in [-0.4, -0.2) is 0 Å². The molecule has 0 heterocycles. The van der Waals surface area contributed by atoms with Crippen molar-refractivity contribution in [3.05, 3.63) is 70.8 Å². The largest absolute Gasteiger partial charge is 0.203 e. The van der Waals surface area contributed by atoms with Gasteiger partial charge in [0.25, 0.3) is 0 Å². The van der Waals surface area contributed by atoms with Gasteiger partial charge in [-0.05, 0) is 13.8 Å². The number of aryl methyl sites for hydroxylation is 2. The third-order valence-corrected chi connectivity index (χ3v) is 2.80. The summed E-state index contributed by atoms with van der Waals surface area (Å²) in [5.41, 5.74) is 2.56. The van der Waals surface area contributed by atoms with Gasteiger partial charge in [0.05, 0.1) is 0 Å². The molecule has 0 amide bonds. The maximum atomic E-state index is 14.0. The molecule has 0 bridgehead atoms. The summed E-state index contributed by atoms with van der Waals surface area (Å²) in [6.45, 7) is 3.81. The predicted molar refractivity (Wildman–Crippen MR) is 71.4 cm³/mol. The van der Waals surface area contributed by atoms with Crippen molar-refractivity contribution < 1.29 is 8.78 Å². The molecule has 0 aliphatic heterocycles. The SMILES string of the molecule is Cc1ccc(C(F)=C(F)c2ccc(C)cc2)cc1. The van der Waals surface area contributed by atoms with E-state index in [1.807, 2.05) is 13.8 Å². The highest BCUT2D eigenvalue weighted by Gasteiger charge is 2.10. The van der Waals surface area contributed by atoms with Crippen molar-refractivity contribution in [3.8, 4) is 0 Å². The van der Waals surface area contributed by atoms with Crippen molar-refractivity contribution in [2.45, 2.75) is 13.8 Å².